The van der Waals surface area contributed by atoms with Gasteiger partial charge in [0.25, 0.3) is 0 Å². The second kappa shape index (κ2) is 6.92. The van der Waals surface area contributed by atoms with Crippen LogP contribution in [0.4, 0.5) is 5.82 Å². The van der Waals surface area contributed by atoms with Gasteiger partial charge in [-0.15, -0.1) is 0 Å². The Labute approximate surface area is 131 Å². The van der Waals surface area contributed by atoms with Crippen LogP contribution in [-0.2, 0) is 9.53 Å². The Kier molecular flexibility index (Phi) is 4.73. The third kappa shape index (κ3) is 3.47. The lowest BCUT2D eigenvalue weighted by Gasteiger charge is -2.27. The van der Waals surface area contributed by atoms with Crippen LogP contribution in [0.5, 0.6) is 0 Å². The minimum absolute atomic E-state index is 0.185. The van der Waals surface area contributed by atoms with Crippen molar-refractivity contribution in [3.63, 3.8) is 0 Å². The average molecular weight is 301 g/mol. The number of amides is 1. The highest BCUT2D eigenvalue weighted by Gasteiger charge is 2.30. The number of hydrogen-bond donors (Lipinski definition) is 1. The highest BCUT2D eigenvalue weighted by molar-refractivity contribution is 5.94. The van der Waals surface area contributed by atoms with Crippen molar-refractivity contribution >= 4 is 11.7 Å². The van der Waals surface area contributed by atoms with Crippen LogP contribution in [0.15, 0.2) is 29.8 Å². The lowest BCUT2D eigenvalue weighted by molar-refractivity contribution is -0.128. The largest absolute Gasteiger partial charge is 0.377 e. The van der Waals surface area contributed by atoms with Crippen molar-refractivity contribution in [3.05, 3.63) is 35.5 Å². The van der Waals surface area contributed by atoms with Crippen molar-refractivity contribution in [1.82, 2.24) is 9.88 Å². The maximum atomic E-state index is 12.6. The van der Waals surface area contributed by atoms with E-state index in [4.69, 9.17) is 4.74 Å². The molecule has 1 aromatic rings. The fourth-order valence-corrected chi connectivity index (χ4v) is 3.08. The number of pyridine rings is 1. The van der Waals surface area contributed by atoms with Crippen LogP contribution in [0.25, 0.3) is 0 Å². The molecule has 0 saturated carbocycles. The second-order valence-corrected chi connectivity index (χ2v) is 5.89. The smallest absolute Gasteiger partial charge is 0.249 e. The van der Waals surface area contributed by atoms with Gasteiger partial charge in [-0.2, -0.15) is 0 Å². The van der Waals surface area contributed by atoms with Crippen molar-refractivity contribution in [3.8, 4) is 0 Å². The number of anilines is 1. The molecule has 2 aliphatic rings. The van der Waals surface area contributed by atoms with Gasteiger partial charge in [0.2, 0.25) is 5.91 Å². The average Bonchev–Trinajstić information content (AvgIpc) is 3.01. The number of hydrogen-bond acceptors (Lipinski definition) is 4. The molecule has 1 atom stereocenters. The standard InChI is InChI=1S/C17H23N3O2/c1-13-4-2-6-16(19-13)18-12-15-5-3-9-20(15)17(21)14-7-10-22-11-8-14/h2,4,6-7,15H,3,5,8-12H2,1H3,(H,18,19). The molecule has 118 valence electrons. The van der Waals surface area contributed by atoms with Crippen LogP contribution in [-0.4, -0.2) is 48.1 Å². The Bertz CT molecular complexity index is 571. The summed E-state index contributed by atoms with van der Waals surface area (Å²) in [6.07, 6.45) is 4.78. The lowest BCUT2D eigenvalue weighted by atomic mass is 10.1. The van der Waals surface area contributed by atoms with Gasteiger partial charge in [0.15, 0.2) is 0 Å². The van der Waals surface area contributed by atoms with Gasteiger partial charge in [0, 0.05) is 36.8 Å². The zero-order valence-electron chi connectivity index (χ0n) is 13.0. The number of ether oxygens (including phenoxy) is 1. The molecule has 1 N–H and O–H groups in total. The van der Waals surface area contributed by atoms with Gasteiger partial charge < -0.3 is 15.0 Å². The zero-order valence-corrected chi connectivity index (χ0v) is 13.0. The Morgan fingerprint density at radius 1 is 1.50 bits per heavy atom. The summed E-state index contributed by atoms with van der Waals surface area (Å²) >= 11 is 0. The molecule has 1 unspecified atom stereocenters. The number of nitrogens with one attached hydrogen (secondary N) is 1. The quantitative estimate of drug-likeness (QED) is 0.926. The first-order chi connectivity index (χ1) is 10.7. The normalized spacial score (nSPS) is 21.6. The molecule has 5 nitrogen and oxygen atoms in total. The molecule has 3 heterocycles. The molecule has 0 spiro atoms. The molecule has 1 saturated heterocycles. The number of nitrogens with zero attached hydrogens (tertiary/aromatic N) is 2. The maximum absolute atomic E-state index is 12.6. The van der Waals surface area contributed by atoms with E-state index in [1.165, 1.54) is 0 Å². The van der Waals surface area contributed by atoms with Crippen LogP contribution in [0, 0.1) is 6.92 Å². The van der Waals surface area contributed by atoms with Gasteiger partial charge in [-0.3, -0.25) is 4.79 Å². The van der Waals surface area contributed by atoms with E-state index in [2.05, 4.69) is 10.3 Å². The highest BCUT2D eigenvalue weighted by Crippen LogP contribution is 2.22. The molecule has 0 bridgehead atoms. The molecule has 0 radical (unpaired) electrons. The van der Waals surface area contributed by atoms with Gasteiger partial charge in [-0.25, -0.2) is 4.98 Å². The first-order valence-corrected chi connectivity index (χ1v) is 7.99. The minimum atomic E-state index is 0.185. The summed E-state index contributed by atoms with van der Waals surface area (Å²) in [5.41, 5.74) is 1.91. The van der Waals surface area contributed by atoms with E-state index < -0.39 is 0 Å². The van der Waals surface area contributed by atoms with E-state index in [9.17, 15) is 4.79 Å². The Hall–Kier alpha value is -1.88. The van der Waals surface area contributed by atoms with Gasteiger partial charge >= 0.3 is 0 Å². The van der Waals surface area contributed by atoms with Crippen molar-refractivity contribution in [2.45, 2.75) is 32.2 Å². The SMILES string of the molecule is Cc1cccc(NCC2CCCN2C(=O)C2=CCOCC2)n1. The van der Waals surface area contributed by atoms with Crippen molar-refractivity contribution in [2.75, 3.05) is 31.6 Å². The predicted molar refractivity (Wildman–Crippen MR) is 85.7 cm³/mol. The van der Waals surface area contributed by atoms with E-state index in [1.807, 2.05) is 36.1 Å². The Morgan fingerprint density at radius 2 is 2.41 bits per heavy atom. The van der Waals surface area contributed by atoms with Gasteiger partial charge in [0.1, 0.15) is 5.82 Å². The molecule has 22 heavy (non-hydrogen) atoms. The minimum Gasteiger partial charge on any atom is -0.377 e. The molecule has 2 aliphatic heterocycles. The van der Waals surface area contributed by atoms with Crippen LogP contribution < -0.4 is 5.32 Å². The van der Waals surface area contributed by atoms with E-state index in [-0.39, 0.29) is 11.9 Å². The fourth-order valence-electron chi connectivity index (χ4n) is 3.08. The number of carbonyl (C=O) groups is 1. The zero-order chi connectivity index (χ0) is 15.4. The van der Waals surface area contributed by atoms with Crippen LogP contribution in [0.3, 0.4) is 0 Å². The summed E-state index contributed by atoms with van der Waals surface area (Å²) in [7, 11) is 0. The predicted octanol–water partition coefficient (Wildman–Crippen LogP) is 2.14. The molecular weight excluding hydrogens is 278 g/mol. The van der Waals surface area contributed by atoms with E-state index in [1.54, 1.807) is 0 Å². The summed E-state index contributed by atoms with van der Waals surface area (Å²) in [4.78, 5) is 19.1. The number of rotatable bonds is 4. The molecule has 0 aromatic carbocycles. The number of aryl methyl sites for hydroxylation is 1. The van der Waals surface area contributed by atoms with Gasteiger partial charge in [-0.1, -0.05) is 12.1 Å². The monoisotopic (exact) mass is 301 g/mol. The highest BCUT2D eigenvalue weighted by atomic mass is 16.5. The molecular formula is C17H23N3O2. The van der Waals surface area contributed by atoms with Crippen LogP contribution in [0.2, 0.25) is 0 Å². The molecule has 0 aliphatic carbocycles. The molecule has 1 fully saturated rings. The molecule has 1 amide bonds. The lowest BCUT2D eigenvalue weighted by Crippen LogP contribution is -2.41. The first kappa shape index (κ1) is 15.0. The number of carbonyl (C=O) groups excluding carboxylic acids is 1. The van der Waals surface area contributed by atoms with Crippen molar-refractivity contribution in [1.29, 1.82) is 0 Å². The molecule has 3 rings (SSSR count). The van der Waals surface area contributed by atoms with Gasteiger partial charge in [-0.05, 0) is 31.9 Å². The topological polar surface area (TPSA) is 54.5 Å². The maximum Gasteiger partial charge on any atom is 0.249 e. The number of likely N-dealkylation sites (tertiary alicyclic amines) is 1. The third-order valence-corrected chi connectivity index (χ3v) is 4.28. The van der Waals surface area contributed by atoms with Crippen molar-refractivity contribution in [2.24, 2.45) is 0 Å². The fraction of sp³-hybridized carbons (Fsp3) is 0.529. The third-order valence-electron chi connectivity index (χ3n) is 4.28. The number of aromatic nitrogens is 1. The second-order valence-electron chi connectivity index (χ2n) is 5.89. The summed E-state index contributed by atoms with van der Waals surface area (Å²) in [5.74, 6) is 1.06. The van der Waals surface area contributed by atoms with Crippen LogP contribution >= 0.6 is 0 Å². The van der Waals surface area contributed by atoms with E-state index in [0.29, 0.717) is 13.2 Å². The summed E-state index contributed by atoms with van der Waals surface area (Å²) in [6.45, 7) is 4.80. The van der Waals surface area contributed by atoms with Crippen LogP contribution in [0.1, 0.15) is 25.0 Å². The van der Waals surface area contributed by atoms with Gasteiger partial charge in [0.05, 0.1) is 13.2 Å². The Morgan fingerprint density at radius 3 is 3.18 bits per heavy atom. The molecule has 1 aromatic heterocycles. The summed E-state index contributed by atoms with van der Waals surface area (Å²) in [5, 5.41) is 3.37. The summed E-state index contributed by atoms with van der Waals surface area (Å²) in [6, 6.07) is 6.19. The summed E-state index contributed by atoms with van der Waals surface area (Å²) < 4.78 is 5.29. The van der Waals surface area contributed by atoms with E-state index >= 15 is 0 Å². The first-order valence-electron chi connectivity index (χ1n) is 7.99. The van der Waals surface area contributed by atoms with E-state index in [0.717, 1.165) is 49.4 Å². The van der Waals surface area contributed by atoms with Crippen molar-refractivity contribution < 1.29 is 9.53 Å². The molecule has 5 heteroatoms. The Balaban J connectivity index is 1.60.